The molecule has 4 aromatic rings. The highest BCUT2D eigenvalue weighted by Gasteiger charge is 2.37. The van der Waals surface area contributed by atoms with Gasteiger partial charge in [0, 0.05) is 21.8 Å². The number of aromatic nitrogens is 1. The smallest absolute Gasteiger partial charge is 0.406 e. The number of nitriles is 1. The minimum atomic E-state index is -4.89. The number of aliphatic hydroxyl groups is 1. The van der Waals surface area contributed by atoms with Crippen molar-refractivity contribution in [3.05, 3.63) is 72.3 Å². The Hall–Kier alpha value is -3.59. The lowest BCUT2D eigenvalue weighted by atomic mass is 9.88. The van der Waals surface area contributed by atoms with Gasteiger partial charge in [0.2, 0.25) is 10.0 Å². The molecule has 0 radical (unpaired) electrons. The second-order valence-corrected chi connectivity index (χ2v) is 10.7. The number of fused-ring (bicyclic) bond motifs is 3. The highest BCUT2D eigenvalue weighted by atomic mass is 32.2. The van der Waals surface area contributed by atoms with Gasteiger partial charge < -0.3 is 14.4 Å². The maximum Gasteiger partial charge on any atom is 0.573 e. The Labute approximate surface area is 210 Å². The van der Waals surface area contributed by atoms with E-state index in [0.29, 0.717) is 24.8 Å². The molecule has 11 heteroatoms. The highest BCUT2D eigenvalue weighted by Crippen LogP contribution is 2.38. The molecule has 1 aliphatic rings. The fourth-order valence-electron chi connectivity index (χ4n) is 5.08. The predicted molar refractivity (Wildman–Crippen MR) is 130 cm³/mol. The van der Waals surface area contributed by atoms with Gasteiger partial charge >= 0.3 is 6.36 Å². The van der Waals surface area contributed by atoms with Gasteiger partial charge in [-0.2, -0.15) is 5.26 Å². The maximum absolute atomic E-state index is 13.0. The monoisotopic (exact) mass is 529 g/mol. The van der Waals surface area contributed by atoms with Crippen molar-refractivity contribution in [3.63, 3.8) is 0 Å². The first-order valence-electron chi connectivity index (χ1n) is 11.6. The molecule has 0 saturated heterocycles. The van der Waals surface area contributed by atoms with Crippen LogP contribution in [0.2, 0.25) is 0 Å². The molecule has 37 heavy (non-hydrogen) atoms. The molecule has 0 amide bonds. The summed E-state index contributed by atoms with van der Waals surface area (Å²) in [5.74, 6) is -0.532. The van der Waals surface area contributed by atoms with Crippen molar-refractivity contribution >= 4 is 31.8 Å². The summed E-state index contributed by atoms with van der Waals surface area (Å²) in [5.41, 5.74) is 2.20. The Balaban J connectivity index is 1.45. The van der Waals surface area contributed by atoms with Crippen molar-refractivity contribution < 1.29 is 31.4 Å². The number of aliphatic hydroxyl groups excluding tert-OH is 1. The van der Waals surface area contributed by atoms with E-state index in [9.17, 15) is 32.0 Å². The standard InChI is InChI=1S/C26H22F3N3O4S/c27-26(28,29)36-17-9-11-18(12-10-17)37(34,35)31-21-5-3-7-24(25(21)33)32-22-6-2-1-4-19(22)20-14-16(15-30)8-13-23(20)32/h1-2,4,6,8-14,21,24-25,31,33H,3,5,7H2/t21-,24?,25+/m1/s1. The molecule has 7 nitrogen and oxygen atoms in total. The third-order valence-corrected chi connectivity index (χ3v) is 8.17. The summed E-state index contributed by atoms with van der Waals surface area (Å²) in [4.78, 5) is -0.239. The van der Waals surface area contributed by atoms with Crippen LogP contribution in [0, 0.1) is 11.3 Å². The van der Waals surface area contributed by atoms with E-state index in [1.54, 1.807) is 12.1 Å². The van der Waals surface area contributed by atoms with E-state index in [2.05, 4.69) is 15.5 Å². The molecule has 1 fully saturated rings. The zero-order valence-electron chi connectivity index (χ0n) is 19.3. The molecule has 3 aromatic carbocycles. The van der Waals surface area contributed by atoms with E-state index in [4.69, 9.17) is 0 Å². The summed E-state index contributed by atoms with van der Waals surface area (Å²) >= 11 is 0. The third-order valence-electron chi connectivity index (χ3n) is 6.67. The summed E-state index contributed by atoms with van der Waals surface area (Å²) in [7, 11) is -4.13. The SMILES string of the molecule is N#Cc1ccc2c(c1)c1ccccc1n2C1CCC[C@@H](NS(=O)(=O)c2ccc(OC(F)(F)F)cc2)[C@@H]1O. The molecule has 0 aliphatic heterocycles. The number of ether oxygens (including phenoxy) is 1. The predicted octanol–water partition coefficient (Wildman–Crippen LogP) is 5.00. The Morgan fingerprint density at radius 2 is 1.70 bits per heavy atom. The topological polar surface area (TPSA) is 104 Å². The lowest BCUT2D eigenvalue weighted by Crippen LogP contribution is -2.49. The molecule has 3 atom stereocenters. The molecule has 1 aromatic heterocycles. The largest absolute Gasteiger partial charge is 0.573 e. The van der Waals surface area contributed by atoms with Gasteiger partial charge in [0.1, 0.15) is 5.75 Å². The fraction of sp³-hybridized carbons (Fsp3) is 0.269. The molecule has 1 saturated carbocycles. The lowest BCUT2D eigenvalue weighted by Gasteiger charge is -2.36. The number of hydrogen-bond acceptors (Lipinski definition) is 5. The van der Waals surface area contributed by atoms with Gasteiger partial charge in [-0.25, -0.2) is 13.1 Å². The molecule has 2 N–H and O–H groups in total. The van der Waals surface area contributed by atoms with E-state index >= 15 is 0 Å². The van der Waals surface area contributed by atoms with Crippen LogP contribution in [0.4, 0.5) is 13.2 Å². The maximum atomic E-state index is 13.0. The van der Waals surface area contributed by atoms with Crippen molar-refractivity contribution in [1.29, 1.82) is 5.26 Å². The number of para-hydroxylation sites is 1. The number of sulfonamides is 1. The van der Waals surface area contributed by atoms with Gasteiger partial charge in [-0.1, -0.05) is 18.2 Å². The molecule has 0 bridgehead atoms. The summed E-state index contributed by atoms with van der Waals surface area (Å²) in [6.45, 7) is 0. The van der Waals surface area contributed by atoms with Crippen molar-refractivity contribution in [2.24, 2.45) is 0 Å². The van der Waals surface area contributed by atoms with E-state index in [1.807, 2.05) is 34.9 Å². The number of halogens is 3. The normalized spacial score (nSPS) is 20.7. The van der Waals surface area contributed by atoms with Crippen LogP contribution < -0.4 is 9.46 Å². The van der Waals surface area contributed by atoms with Crippen LogP contribution >= 0.6 is 0 Å². The van der Waals surface area contributed by atoms with Gasteiger partial charge in [0.15, 0.2) is 0 Å². The third kappa shape index (κ3) is 4.87. The highest BCUT2D eigenvalue weighted by molar-refractivity contribution is 7.89. The zero-order chi connectivity index (χ0) is 26.4. The molecular formula is C26H22F3N3O4S. The summed E-state index contributed by atoms with van der Waals surface area (Å²) in [5, 5.41) is 22.5. The molecule has 5 rings (SSSR count). The lowest BCUT2D eigenvalue weighted by molar-refractivity contribution is -0.274. The first-order chi connectivity index (χ1) is 17.6. The first kappa shape index (κ1) is 25.1. The Bertz CT molecular complexity index is 1610. The molecule has 1 heterocycles. The van der Waals surface area contributed by atoms with Crippen molar-refractivity contribution in [3.8, 4) is 11.8 Å². The van der Waals surface area contributed by atoms with Crippen LogP contribution in [0.15, 0.2) is 71.6 Å². The quantitative estimate of drug-likeness (QED) is 0.379. The van der Waals surface area contributed by atoms with Crippen LogP contribution in [0.3, 0.4) is 0 Å². The summed E-state index contributed by atoms with van der Waals surface area (Å²) in [6, 6.07) is 17.8. The van der Waals surface area contributed by atoms with Crippen molar-refractivity contribution in [2.45, 2.75) is 48.7 Å². The minimum Gasteiger partial charge on any atom is -0.406 e. The minimum absolute atomic E-state index is 0.239. The van der Waals surface area contributed by atoms with E-state index in [0.717, 1.165) is 46.1 Å². The van der Waals surface area contributed by atoms with E-state index in [-0.39, 0.29) is 4.90 Å². The van der Waals surface area contributed by atoms with Crippen molar-refractivity contribution in [1.82, 2.24) is 9.29 Å². The Morgan fingerprint density at radius 3 is 2.41 bits per heavy atom. The second kappa shape index (κ2) is 9.37. The number of nitrogens with zero attached hydrogens (tertiary/aromatic N) is 2. The molecule has 192 valence electrons. The van der Waals surface area contributed by atoms with Crippen LogP contribution in [-0.2, 0) is 10.0 Å². The number of nitrogens with one attached hydrogen (secondary N) is 1. The van der Waals surface area contributed by atoms with Crippen LogP contribution in [0.1, 0.15) is 30.9 Å². The molecule has 1 aliphatic carbocycles. The van der Waals surface area contributed by atoms with Crippen molar-refractivity contribution in [2.75, 3.05) is 0 Å². The Kier molecular flexibility index (Phi) is 6.35. The number of hydrogen-bond donors (Lipinski definition) is 2. The van der Waals surface area contributed by atoms with E-state index in [1.165, 1.54) is 0 Å². The summed E-state index contributed by atoms with van der Waals surface area (Å²) in [6.07, 6.45) is -4.33. The number of rotatable bonds is 5. The number of benzene rings is 3. The summed E-state index contributed by atoms with van der Waals surface area (Å²) < 4.78 is 71.6. The van der Waals surface area contributed by atoms with Gasteiger partial charge in [-0.15, -0.1) is 13.2 Å². The van der Waals surface area contributed by atoms with Gasteiger partial charge in [-0.05, 0) is 67.8 Å². The average Bonchev–Trinajstić information content (AvgIpc) is 3.18. The second-order valence-electron chi connectivity index (χ2n) is 8.97. The molecular weight excluding hydrogens is 507 g/mol. The van der Waals surface area contributed by atoms with Gasteiger partial charge in [-0.3, -0.25) is 0 Å². The molecule has 1 unspecified atom stereocenters. The zero-order valence-corrected chi connectivity index (χ0v) is 20.1. The van der Waals surface area contributed by atoms with Crippen LogP contribution in [0.25, 0.3) is 21.8 Å². The van der Waals surface area contributed by atoms with E-state index < -0.39 is 40.3 Å². The number of alkyl halides is 3. The van der Waals surface area contributed by atoms with Crippen LogP contribution in [-0.4, -0.2) is 36.6 Å². The van der Waals surface area contributed by atoms with Crippen LogP contribution in [0.5, 0.6) is 5.75 Å². The van der Waals surface area contributed by atoms with Gasteiger partial charge in [0.25, 0.3) is 0 Å². The fourth-order valence-corrected chi connectivity index (χ4v) is 6.37. The molecule has 0 spiro atoms. The van der Waals surface area contributed by atoms with Gasteiger partial charge in [0.05, 0.1) is 34.7 Å². The first-order valence-corrected chi connectivity index (χ1v) is 13.0. The average molecular weight is 530 g/mol. The Morgan fingerprint density at radius 1 is 1.00 bits per heavy atom.